The minimum absolute atomic E-state index is 0.121. The van der Waals surface area contributed by atoms with Gasteiger partial charge in [0.15, 0.2) is 5.16 Å². The summed E-state index contributed by atoms with van der Waals surface area (Å²) in [6.07, 6.45) is 1.36. The fourth-order valence-electron chi connectivity index (χ4n) is 2.22. The highest BCUT2D eigenvalue weighted by Gasteiger charge is 2.10. The summed E-state index contributed by atoms with van der Waals surface area (Å²) in [6.45, 7) is 5.95. The molecule has 0 aliphatic heterocycles. The van der Waals surface area contributed by atoms with Crippen LogP contribution in [0.4, 0.5) is 11.5 Å². The number of rotatable bonds is 4. The molecular weight excluding hydrogens is 310 g/mol. The van der Waals surface area contributed by atoms with Crippen LogP contribution in [-0.4, -0.2) is 21.6 Å². The summed E-state index contributed by atoms with van der Waals surface area (Å²) in [6, 6.07) is 5.95. The number of anilines is 2. The second-order valence-electron chi connectivity index (χ2n) is 5.17. The quantitative estimate of drug-likeness (QED) is 0.660. The molecular formula is C16H17N5OS. The lowest BCUT2D eigenvalue weighted by molar-refractivity contribution is -0.113. The molecule has 1 heterocycles. The van der Waals surface area contributed by atoms with Gasteiger partial charge in [-0.05, 0) is 31.9 Å². The van der Waals surface area contributed by atoms with Gasteiger partial charge < -0.3 is 11.1 Å². The van der Waals surface area contributed by atoms with Gasteiger partial charge in [-0.1, -0.05) is 29.5 Å². The van der Waals surface area contributed by atoms with Gasteiger partial charge in [0.25, 0.3) is 0 Å². The number of carbonyl (C=O) groups excluding carboxylic acids is 1. The van der Waals surface area contributed by atoms with Crippen molar-refractivity contribution >= 4 is 29.2 Å². The molecule has 3 N–H and O–H groups in total. The topological polar surface area (TPSA) is 105 Å². The maximum absolute atomic E-state index is 12.1. The van der Waals surface area contributed by atoms with Gasteiger partial charge in [-0.2, -0.15) is 5.26 Å². The Bertz CT molecular complexity index is 775. The van der Waals surface area contributed by atoms with E-state index in [-0.39, 0.29) is 23.0 Å². The molecule has 0 spiro atoms. The second-order valence-corrected chi connectivity index (χ2v) is 6.12. The average Bonchev–Trinajstić information content (AvgIpc) is 2.49. The van der Waals surface area contributed by atoms with Crippen molar-refractivity contribution in [2.75, 3.05) is 16.8 Å². The van der Waals surface area contributed by atoms with Crippen molar-refractivity contribution < 1.29 is 4.79 Å². The van der Waals surface area contributed by atoms with Crippen LogP contribution in [0.15, 0.2) is 23.5 Å². The van der Waals surface area contributed by atoms with Crippen LogP contribution < -0.4 is 11.1 Å². The van der Waals surface area contributed by atoms with Gasteiger partial charge in [-0.3, -0.25) is 4.79 Å². The highest BCUT2D eigenvalue weighted by atomic mass is 32.2. The van der Waals surface area contributed by atoms with Gasteiger partial charge in [0.1, 0.15) is 17.5 Å². The summed E-state index contributed by atoms with van der Waals surface area (Å²) in [4.78, 5) is 20.1. The van der Waals surface area contributed by atoms with Crippen LogP contribution in [0, 0.1) is 32.1 Å². The molecule has 1 aromatic carbocycles. The molecule has 0 fully saturated rings. The van der Waals surface area contributed by atoms with Crippen molar-refractivity contribution in [3.05, 3.63) is 40.6 Å². The molecule has 0 radical (unpaired) electrons. The molecule has 0 aliphatic carbocycles. The molecule has 0 aliphatic rings. The first-order chi connectivity index (χ1) is 10.9. The average molecular weight is 327 g/mol. The van der Waals surface area contributed by atoms with Crippen molar-refractivity contribution in [2.45, 2.75) is 25.9 Å². The number of amides is 1. The highest BCUT2D eigenvalue weighted by molar-refractivity contribution is 7.99. The van der Waals surface area contributed by atoms with Crippen LogP contribution in [0.5, 0.6) is 0 Å². The van der Waals surface area contributed by atoms with E-state index in [4.69, 9.17) is 11.0 Å². The summed E-state index contributed by atoms with van der Waals surface area (Å²) >= 11 is 1.17. The smallest absolute Gasteiger partial charge is 0.234 e. The van der Waals surface area contributed by atoms with E-state index < -0.39 is 0 Å². The van der Waals surface area contributed by atoms with Gasteiger partial charge in [-0.25, -0.2) is 9.97 Å². The number of nitriles is 1. The van der Waals surface area contributed by atoms with Crippen LogP contribution in [0.1, 0.15) is 22.3 Å². The first kappa shape index (κ1) is 16.8. The summed E-state index contributed by atoms with van der Waals surface area (Å²) in [5.41, 5.74) is 9.91. The number of aryl methyl sites for hydroxylation is 3. The molecule has 2 rings (SSSR count). The molecule has 0 saturated carbocycles. The maximum atomic E-state index is 12.1. The Labute approximate surface area is 139 Å². The number of nitrogens with two attached hydrogens (primary N) is 1. The Balaban J connectivity index is 2.01. The number of benzene rings is 1. The van der Waals surface area contributed by atoms with Crippen LogP contribution in [-0.2, 0) is 4.79 Å². The van der Waals surface area contributed by atoms with Crippen molar-refractivity contribution in [3.8, 4) is 6.07 Å². The number of hydrogen-bond acceptors (Lipinski definition) is 6. The third kappa shape index (κ3) is 4.20. The molecule has 118 valence electrons. The second kappa shape index (κ2) is 7.11. The first-order valence-electron chi connectivity index (χ1n) is 6.94. The van der Waals surface area contributed by atoms with E-state index in [0.717, 1.165) is 22.4 Å². The van der Waals surface area contributed by atoms with Crippen LogP contribution in [0.3, 0.4) is 0 Å². The molecule has 0 saturated heterocycles. The van der Waals surface area contributed by atoms with E-state index >= 15 is 0 Å². The van der Waals surface area contributed by atoms with E-state index in [2.05, 4.69) is 15.3 Å². The molecule has 2 aromatic rings. The van der Waals surface area contributed by atoms with E-state index in [1.165, 1.54) is 18.0 Å². The predicted molar refractivity (Wildman–Crippen MR) is 91.2 cm³/mol. The SMILES string of the molecule is Cc1cc(C)c(NC(=O)CSc2ncc(C#N)c(N)n2)c(C)c1. The van der Waals surface area contributed by atoms with Gasteiger partial charge in [0.2, 0.25) is 5.91 Å². The number of nitrogens with one attached hydrogen (secondary N) is 1. The fourth-order valence-corrected chi connectivity index (χ4v) is 2.84. The minimum Gasteiger partial charge on any atom is -0.382 e. The predicted octanol–water partition coefficient (Wildman–Crippen LogP) is 2.59. The maximum Gasteiger partial charge on any atom is 0.234 e. The van der Waals surface area contributed by atoms with Crippen LogP contribution in [0.2, 0.25) is 0 Å². The number of carbonyl (C=O) groups is 1. The number of nitrogens with zero attached hydrogens (tertiary/aromatic N) is 3. The molecule has 23 heavy (non-hydrogen) atoms. The molecule has 7 heteroatoms. The standard InChI is InChI=1S/C16H17N5OS/c1-9-4-10(2)14(11(3)5-9)20-13(22)8-23-16-19-7-12(6-17)15(18)21-16/h4-5,7H,8H2,1-3H3,(H,20,22)(H2,18,19,21). The van der Waals surface area contributed by atoms with Gasteiger partial charge in [0, 0.05) is 5.69 Å². The first-order valence-corrected chi connectivity index (χ1v) is 7.92. The largest absolute Gasteiger partial charge is 0.382 e. The lowest BCUT2D eigenvalue weighted by atomic mass is 10.1. The minimum atomic E-state index is -0.142. The number of nitrogen functional groups attached to an aromatic ring is 1. The lowest BCUT2D eigenvalue weighted by Gasteiger charge is -2.12. The molecule has 6 nitrogen and oxygen atoms in total. The zero-order chi connectivity index (χ0) is 17.0. The third-order valence-electron chi connectivity index (χ3n) is 3.19. The number of hydrogen-bond donors (Lipinski definition) is 2. The monoisotopic (exact) mass is 327 g/mol. The van der Waals surface area contributed by atoms with E-state index in [1.54, 1.807) is 0 Å². The Morgan fingerprint density at radius 1 is 1.35 bits per heavy atom. The molecule has 0 atom stereocenters. The van der Waals surface area contributed by atoms with Crippen LogP contribution >= 0.6 is 11.8 Å². The normalized spacial score (nSPS) is 10.2. The van der Waals surface area contributed by atoms with Crippen LogP contribution in [0.25, 0.3) is 0 Å². The summed E-state index contributed by atoms with van der Waals surface area (Å²) in [7, 11) is 0. The van der Waals surface area contributed by atoms with E-state index in [1.807, 2.05) is 39.0 Å². The highest BCUT2D eigenvalue weighted by Crippen LogP contribution is 2.23. The third-order valence-corrected chi connectivity index (χ3v) is 4.05. The van der Waals surface area contributed by atoms with Crippen molar-refractivity contribution in [1.82, 2.24) is 9.97 Å². The molecule has 0 bridgehead atoms. The van der Waals surface area contributed by atoms with Crippen molar-refractivity contribution in [1.29, 1.82) is 5.26 Å². The van der Waals surface area contributed by atoms with Crippen molar-refractivity contribution in [2.24, 2.45) is 0 Å². The summed E-state index contributed by atoms with van der Waals surface area (Å²) in [5, 5.41) is 12.1. The molecule has 0 unspecified atom stereocenters. The fraction of sp³-hybridized carbons (Fsp3) is 0.250. The Morgan fingerprint density at radius 2 is 2.00 bits per heavy atom. The Morgan fingerprint density at radius 3 is 2.57 bits per heavy atom. The summed E-state index contributed by atoms with van der Waals surface area (Å²) in [5.74, 6) is 0.144. The van der Waals surface area contributed by atoms with Gasteiger partial charge in [0.05, 0.1) is 11.9 Å². The van der Waals surface area contributed by atoms with Gasteiger partial charge in [-0.15, -0.1) is 0 Å². The number of aromatic nitrogens is 2. The zero-order valence-corrected chi connectivity index (χ0v) is 14.0. The Hall–Kier alpha value is -2.59. The zero-order valence-electron chi connectivity index (χ0n) is 13.2. The van der Waals surface area contributed by atoms with Crippen molar-refractivity contribution in [3.63, 3.8) is 0 Å². The van der Waals surface area contributed by atoms with E-state index in [9.17, 15) is 4.79 Å². The summed E-state index contributed by atoms with van der Waals surface area (Å²) < 4.78 is 0. The number of thioether (sulfide) groups is 1. The van der Waals surface area contributed by atoms with Gasteiger partial charge >= 0.3 is 0 Å². The Kier molecular flexibility index (Phi) is 5.19. The molecule has 1 aromatic heterocycles. The molecule has 1 amide bonds. The van der Waals surface area contributed by atoms with E-state index in [0.29, 0.717) is 5.16 Å². The lowest BCUT2D eigenvalue weighted by Crippen LogP contribution is -2.16.